The van der Waals surface area contributed by atoms with E-state index in [1.54, 1.807) is 12.3 Å². The lowest BCUT2D eigenvalue weighted by Gasteiger charge is -2.34. The van der Waals surface area contributed by atoms with Crippen LogP contribution in [0.25, 0.3) is 39.7 Å². The van der Waals surface area contributed by atoms with E-state index in [4.69, 9.17) is 4.98 Å². The van der Waals surface area contributed by atoms with Crippen LogP contribution in [0.5, 0.6) is 0 Å². The molecular formula is C20H21N8O2S-. The Hall–Kier alpha value is -3.28. The number of piperazine rings is 1. The number of aromatic nitrogens is 5. The van der Waals surface area contributed by atoms with E-state index < -0.39 is 11.3 Å². The van der Waals surface area contributed by atoms with Crippen molar-refractivity contribution in [2.75, 3.05) is 38.1 Å². The van der Waals surface area contributed by atoms with Crippen molar-refractivity contribution in [2.45, 2.75) is 0 Å². The Morgan fingerprint density at radius 2 is 2.06 bits per heavy atom. The van der Waals surface area contributed by atoms with Crippen molar-refractivity contribution in [3.05, 3.63) is 42.2 Å². The fourth-order valence-corrected chi connectivity index (χ4v) is 3.93. The maximum Gasteiger partial charge on any atom is 0.181 e. The SMILES string of the molecule is CN1CCN(c2ccc3nc(-c4[nH]nc5ncc(C=CNS(=O)[O-])cc45)[nH]c3c2)CC1. The van der Waals surface area contributed by atoms with Gasteiger partial charge in [-0.3, -0.25) is 9.31 Å². The van der Waals surface area contributed by atoms with E-state index >= 15 is 0 Å². The Balaban J connectivity index is 1.47. The van der Waals surface area contributed by atoms with Crippen LogP contribution in [0.4, 0.5) is 5.69 Å². The fraction of sp³-hybridized carbons (Fsp3) is 0.250. The van der Waals surface area contributed by atoms with Gasteiger partial charge in [0.05, 0.1) is 16.4 Å². The van der Waals surface area contributed by atoms with Gasteiger partial charge < -0.3 is 24.1 Å². The summed E-state index contributed by atoms with van der Waals surface area (Å²) in [6, 6.07) is 8.16. The highest BCUT2D eigenvalue weighted by Gasteiger charge is 2.17. The van der Waals surface area contributed by atoms with Crippen LogP contribution in [0.2, 0.25) is 0 Å². The number of aromatic amines is 2. The smallest absolute Gasteiger partial charge is 0.181 e. The van der Waals surface area contributed by atoms with Gasteiger partial charge in [0, 0.05) is 55.5 Å². The summed E-state index contributed by atoms with van der Waals surface area (Å²) >= 11 is -2.35. The molecule has 0 bridgehead atoms. The van der Waals surface area contributed by atoms with Gasteiger partial charge in [-0.1, -0.05) is 0 Å². The summed E-state index contributed by atoms with van der Waals surface area (Å²) in [7, 11) is 2.15. The van der Waals surface area contributed by atoms with E-state index in [-0.39, 0.29) is 0 Å². The van der Waals surface area contributed by atoms with Gasteiger partial charge in [-0.15, -0.1) is 0 Å². The zero-order valence-corrected chi connectivity index (χ0v) is 17.6. The number of imidazole rings is 1. The van der Waals surface area contributed by atoms with Crippen LogP contribution in [0.3, 0.4) is 0 Å². The lowest BCUT2D eigenvalue weighted by atomic mass is 10.2. The second kappa shape index (κ2) is 8.10. The topological polar surface area (TPSA) is 129 Å². The number of fused-ring (bicyclic) bond motifs is 2. The molecule has 4 heterocycles. The van der Waals surface area contributed by atoms with Crippen LogP contribution in [0.1, 0.15) is 5.56 Å². The number of hydrogen-bond acceptors (Lipinski definition) is 7. The average Bonchev–Trinajstić information content (AvgIpc) is 3.37. The third-order valence-corrected chi connectivity index (χ3v) is 5.77. The highest BCUT2D eigenvalue weighted by Crippen LogP contribution is 2.28. The molecule has 1 atom stereocenters. The van der Waals surface area contributed by atoms with Gasteiger partial charge in [-0.2, -0.15) is 5.10 Å². The van der Waals surface area contributed by atoms with Gasteiger partial charge in [0.1, 0.15) is 5.69 Å². The molecule has 1 aliphatic heterocycles. The molecule has 0 amide bonds. The first kappa shape index (κ1) is 19.7. The summed E-state index contributed by atoms with van der Waals surface area (Å²) < 4.78 is 23.4. The third kappa shape index (κ3) is 4.02. The average molecular weight is 438 g/mol. The monoisotopic (exact) mass is 437 g/mol. The Morgan fingerprint density at radius 3 is 2.87 bits per heavy atom. The molecule has 0 spiro atoms. The summed E-state index contributed by atoms with van der Waals surface area (Å²) in [6.45, 7) is 4.11. The quantitative estimate of drug-likeness (QED) is 0.405. The molecule has 5 rings (SSSR count). The Kier molecular flexibility index (Phi) is 5.14. The fourth-order valence-electron chi connectivity index (χ4n) is 3.75. The number of nitrogens with zero attached hydrogens (tertiary/aromatic N) is 5. The van der Waals surface area contributed by atoms with Crippen molar-refractivity contribution in [3.63, 3.8) is 0 Å². The normalized spacial score (nSPS) is 16.5. The summed E-state index contributed by atoms with van der Waals surface area (Å²) in [5.74, 6) is 0.676. The van der Waals surface area contributed by atoms with Gasteiger partial charge in [-0.25, -0.2) is 9.97 Å². The van der Waals surface area contributed by atoms with Gasteiger partial charge >= 0.3 is 0 Å². The predicted molar refractivity (Wildman–Crippen MR) is 120 cm³/mol. The maximum atomic E-state index is 10.6. The molecule has 1 saturated heterocycles. The van der Waals surface area contributed by atoms with Crippen molar-refractivity contribution < 1.29 is 8.76 Å². The van der Waals surface area contributed by atoms with Crippen LogP contribution in [0.15, 0.2) is 36.7 Å². The first-order valence-corrected chi connectivity index (χ1v) is 10.9. The standard InChI is InChI=1S/C20H22N8O2S/c1-27-6-8-28(9-7-27)14-2-3-16-17(11-14)24-20(23-16)18-15-10-13(4-5-22-31(29)30)12-21-19(15)26-25-18/h2-5,10-12,22H,6-9H2,1H3,(H,23,24)(H,29,30)(H,21,25,26)/p-1. The minimum atomic E-state index is -2.35. The van der Waals surface area contributed by atoms with E-state index in [1.807, 2.05) is 12.1 Å². The molecule has 1 aliphatic rings. The first-order valence-electron chi connectivity index (χ1n) is 9.86. The molecule has 31 heavy (non-hydrogen) atoms. The van der Waals surface area contributed by atoms with E-state index in [2.05, 4.69) is 53.9 Å². The van der Waals surface area contributed by atoms with Gasteiger partial charge in [0.15, 0.2) is 11.5 Å². The van der Waals surface area contributed by atoms with E-state index in [1.165, 1.54) is 11.9 Å². The molecule has 160 valence electrons. The third-order valence-electron chi connectivity index (χ3n) is 5.44. The molecule has 1 unspecified atom stereocenters. The summed E-state index contributed by atoms with van der Waals surface area (Å²) in [5.41, 5.74) is 5.05. The van der Waals surface area contributed by atoms with Gasteiger partial charge in [-0.05, 0) is 43.0 Å². The molecule has 11 heteroatoms. The highest BCUT2D eigenvalue weighted by atomic mass is 32.2. The van der Waals surface area contributed by atoms with Crippen LogP contribution in [0, 0.1) is 0 Å². The number of likely N-dealkylation sites (N-methyl/N-ethyl adjacent to an activating group) is 1. The Labute approximate surface area is 180 Å². The van der Waals surface area contributed by atoms with Crippen LogP contribution >= 0.6 is 0 Å². The second-order valence-electron chi connectivity index (χ2n) is 7.50. The molecule has 0 aliphatic carbocycles. The lowest BCUT2D eigenvalue weighted by Crippen LogP contribution is -2.44. The molecule has 3 N–H and O–H groups in total. The Morgan fingerprint density at radius 1 is 1.23 bits per heavy atom. The first-order chi connectivity index (χ1) is 15.1. The molecule has 1 aromatic carbocycles. The summed E-state index contributed by atoms with van der Waals surface area (Å²) in [4.78, 5) is 17.2. The number of benzene rings is 1. The molecule has 10 nitrogen and oxygen atoms in total. The number of rotatable bonds is 5. The number of H-pyrrole nitrogens is 2. The molecule has 0 radical (unpaired) electrons. The number of hydrogen-bond donors (Lipinski definition) is 3. The van der Waals surface area contributed by atoms with Crippen molar-refractivity contribution in [2.24, 2.45) is 0 Å². The molecule has 0 saturated carbocycles. The lowest BCUT2D eigenvalue weighted by molar-refractivity contribution is 0.313. The van der Waals surface area contributed by atoms with Gasteiger partial charge in [0.25, 0.3) is 0 Å². The van der Waals surface area contributed by atoms with Crippen molar-refractivity contribution in [3.8, 4) is 11.5 Å². The zero-order chi connectivity index (χ0) is 21.4. The van der Waals surface area contributed by atoms with Crippen LogP contribution in [-0.2, 0) is 11.3 Å². The molecule has 1 fully saturated rings. The van der Waals surface area contributed by atoms with E-state index in [9.17, 15) is 8.76 Å². The van der Waals surface area contributed by atoms with Gasteiger partial charge in [0.2, 0.25) is 0 Å². The van der Waals surface area contributed by atoms with Crippen LogP contribution in [-0.4, -0.2) is 72.0 Å². The van der Waals surface area contributed by atoms with Crippen molar-refractivity contribution in [1.82, 2.24) is 34.8 Å². The number of pyridine rings is 1. The van der Waals surface area contributed by atoms with E-state index in [0.717, 1.165) is 53.9 Å². The molecule has 3 aromatic heterocycles. The molecular weight excluding hydrogens is 416 g/mol. The predicted octanol–water partition coefficient (Wildman–Crippen LogP) is 1.61. The second-order valence-corrected chi connectivity index (χ2v) is 8.21. The van der Waals surface area contributed by atoms with Crippen molar-refractivity contribution >= 4 is 45.1 Å². The van der Waals surface area contributed by atoms with E-state index in [0.29, 0.717) is 11.5 Å². The minimum Gasteiger partial charge on any atom is -0.755 e. The Bertz CT molecular complexity index is 1290. The van der Waals surface area contributed by atoms with Crippen molar-refractivity contribution in [1.29, 1.82) is 0 Å². The zero-order valence-electron chi connectivity index (χ0n) is 16.8. The number of anilines is 1. The maximum absolute atomic E-state index is 10.6. The highest BCUT2D eigenvalue weighted by molar-refractivity contribution is 7.77. The minimum absolute atomic E-state index is 0.561. The molecule has 4 aromatic rings. The number of nitrogens with one attached hydrogen (secondary N) is 3. The summed E-state index contributed by atoms with van der Waals surface area (Å²) in [5, 5.41) is 8.08. The van der Waals surface area contributed by atoms with Crippen LogP contribution < -0.4 is 9.62 Å². The largest absolute Gasteiger partial charge is 0.755 e. The summed E-state index contributed by atoms with van der Waals surface area (Å²) in [6.07, 6.45) is 4.59.